The van der Waals surface area contributed by atoms with Crippen LogP contribution in [0.3, 0.4) is 0 Å². The lowest BCUT2D eigenvalue weighted by Crippen LogP contribution is -2.54. The Morgan fingerprint density at radius 1 is 1.06 bits per heavy atom. The fourth-order valence-corrected chi connectivity index (χ4v) is 1.76. The average Bonchev–Trinajstić information content (AvgIpc) is 2.24. The summed E-state index contributed by atoms with van der Waals surface area (Å²) < 4.78 is 1.26. The second kappa shape index (κ2) is 7.26. The zero-order chi connectivity index (χ0) is 14.5. The Kier molecular flexibility index (Phi) is 6.76. The minimum Gasteiger partial charge on any atom is -0.339 e. The summed E-state index contributed by atoms with van der Waals surface area (Å²) in [6.07, 6.45) is 0. The van der Waals surface area contributed by atoms with Crippen molar-refractivity contribution in [3.8, 4) is 0 Å². The highest BCUT2D eigenvalue weighted by atomic mass is 16.2. The molecular formula is C13H26N3O2+. The Morgan fingerprint density at radius 3 is 1.78 bits per heavy atom. The van der Waals surface area contributed by atoms with Gasteiger partial charge in [0, 0.05) is 0 Å². The van der Waals surface area contributed by atoms with Crippen molar-refractivity contribution in [1.82, 2.24) is 10.6 Å². The van der Waals surface area contributed by atoms with Crippen LogP contribution in [0.25, 0.3) is 0 Å². The molecule has 0 heterocycles. The number of carbonyl (C=O) groups excluding carboxylic acids is 2. The van der Waals surface area contributed by atoms with Gasteiger partial charge >= 0.3 is 5.91 Å². The zero-order valence-electron chi connectivity index (χ0n) is 12.3. The number of carbonyl (C=O) groups is 2. The van der Waals surface area contributed by atoms with E-state index in [0.717, 1.165) is 0 Å². The molecule has 0 aromatic carbocycles. The van der Waals surface area contributed by atoms with Crippen LogP contribution in [0.2, 0.25) is 0 Å². The maximum atomic E-state index is 12.1. The van der Waals surface area contributed by atoms with E-state index in [1.54, 1.807) is 14.1 Å². The van der Waals surface area contributed by atoms with Crippen molar-refractivity contribution in [2.75, 3.05) is 14.1 Å². The van der Waals surface area contributed by atoms with Gasteiger partial charge in [-0.15, -0.1) is 0 Å². The second-order valence-electron chi connectivity index (χ2n) is 5.28. The molecule has 5 heteroatoms. The van der Waals surface area contributed by atoms with Crippen LogP contribution in [0.5, 0.6) is 0 Å². The molecule has 0 radical (unpaired) electrons. The maximum Gasteiger partial charge on any atom is 0.408 e. The van der Waals surface area contributed by atoms with E-state index in [-0.39, 0.29) is 29.7 Å². The van der Waals surface area contributed by atoms with Crippen LogP contribution in [0, 0.1) is 11.8 Å². The highest BCUT2D eigenvalue weighted by Gasteiger charge is 2.32. The Balaban J connectivity index is 4.85. The fraction of sp³-hybridized carbons (Fsp3) is 0.769. The molecule has 0 saturated heterocycles. The smallest absolute Gasteiger partial charge is 0.339 e. The largest absolute Gasteiger partial charge is 0.408 e. The van der Waals surface area contributed by atoms with Crippen LogP contribution in [0.15, 0.2) is 0 Å². The molecule has 2 atom stereocenters. The Morgan fingerprint density at radius 2 is 1.50 bits per heavy atom. The van der Waals surface area contributed by atoms with Crippen molar-refractivity contribution in [1.29, 1.82) is 0 Å². The van der Waals surface area contributed by atoms with Gasteiger partial charge in [-0.25, -0.2) is 4.79 Å². The van der Waals surface area contributed by atoms with Gasteiger partial charge in [0.1, 0.15) is 13.8 Å². The first-order chi connectivity index (χ1) is 8.22. The predicted molar refractivity (Wildman–Crippen MR) is 72.8 cm³/mol. The third kappa shape index (κ3) is 4.56. The third-order valence-electron chi connectivity index (χ3n) is 2.87. The molecule has 2 amide bonds. The van der Waals surface area contributed by atoms with Crippen LogP contribution in [0.4, 0.5) is 0 Å². The van der Waals surface area contributed by atoms with Crippen molar-refractivity contribution < 1.29 is 14.2 Å². The van der Waals surface area contributed by atoms with E-state index < -0.39 is 6.04 Å². The van der Waals surface area contributed by atoms with E-state index in [0.29, 0.717) is 0 Å². The minimum absolute atomic E-state index is 0.0234. The normalized spacial score (nSPS) is 14.4. The lowest BCUT2D eigenvalue weighted by atomic mass is 10.00. The first kappa shape index (κ1) is 16.8. The van der Waals surface area contributed by atoms with Crippen molar-refractivity contribution >= 4 is 18.5 Å². The fourth-order valence-electron chi connectivity index (χ4n) is 1.76. The van der Waals surface area contributed by atoms with E-state index in [4.69, 9.17) is 0 Å². The highest BCUT2D eigenvalue weighted by Crippen LogP contribution is 2.06. The third-order valence-corrected chi connectivity index (χ3v) is 2.87. The average molecular weight is 256 g/mol. The summed E-state index contributed by atoms with van der Waals surface area (Å²) >= 11 is 0. The van der Waals surface area contributed by atoms with Gasteiger partial charge < -0.3 is 10.6 Å². The molecule has 0 aliphatic heterocycles. The molecule has 0 fully saturated rings. The summed E-state index contributed by atoms with van der Waals surface area (Å²) in [7, 11) is 3.33. The van der Waals surface area contributed by atoms with E-state index in [1.165, 1.54) is 4.58 Å². The Hall–Kier alpha value is -1.23. The SMILES string of the molecule is C=[N+](C)C(=O)[C@@H](NC(=O)[C@@H](NC)C(C)C)C(C)C. The second-order valence-corrected chi connectivity index (χ2v) is 5.28. The van der Waals surface area contributed by atoms with Crippen molar-refractivity contribution in [2.24, 2.45) is 11.8 Å². The summed E-state index contributed by atoms with van der Waals surface area (Å²) in [6.45, 7) is 11.3. The maximum absolute atomic E-state index is 12.1. The van der Waals surface area contributed by atoms with Crippen LogP contribution >= 0.6 is 0 Å². The first-order valence-corrected chi connectivity index (χ1v) is 6.28. The Bertz CT molecular complexity index is 324. The van der Waals surface area contributed by atoms with Gasteiger partial charge in [-0.3, -0.25) is 4.79 Å². The van der Waals surface area contributed by atoms with Gasteiger partial charge in [-0.1, -0.05) is 27.7 Å². The topological polar surface area (TPSA) is 61.2 Å². The lowest BCUT2D eigenvalue weighted by Gasteiger charge is -2.23. The van der Waals surface area contributed by atoms with Gasteiger partial charge in [0.15, 0.2) is 6.04 Å². The van der Waals surface area contributed by atoms with E-state index in [2.05, 4.69) is 17.4 Å². The van der Waals surface area contributed by atoms with E-state index >= 15 is 0 Å². The van der Waals surface area contributed by atoms with Crippen molar-refractivity contribution in [3.63, 3.8) is 0 Å². The summed E-state index contributed by atoms with van der Waals surface area (Å²) in [5.74, 6) is -0.149. The van der Waals surface area contributed by atoms with E-state index in [1.807, 2.05) is 27.7 Å². The van der Waals surface area contributed by atoms with Gasteiger partial charge in [0.05, 0.1) is 6.04 Å². The standard InChI is InChI=1S/C13H25N3O2/c1-8(2)10(14-5)12(17)15-11(9(3)4)13(18)16(6)7/h8-11,14H,6H2,1-5,7H3/p+1/t10-,11-/m0/s1. The quantitative estimate of drug-likeness (QED) is 0.529. The van der Waals surface area contributed by atoms with Gasteiger partial charge in [0.2, 0.25) is 5.91 Å². The van der Waals surface area contributed by atoms with Crippen LogP contribution < -0.4 is 10.6 Å². The van der Waals surface area contributed by atoms with Crippen molar-refractivity contribution in [2.45, 2.75) is 39.8 Å². The minimum atomic E-state index is -0.533. The molecule has 18 heavy (non-hydrogen) atoms. The first-order valence-electron chi connectivity index (χ1n) is 6.28. The number of hydrogen-bond acceptors (Lipinski definition) is 3. The summed E-state index contributed by atoms with van der Waals surface area (Å²) in [5, 5.41) is 5.76. The van der Waals surface area contributed by atoms with Crippen LogP contribution in [-0.2, 0) is 9.59 Å². The summed E-state index contributed by atoms with van der Waals surface area (Å²) in [4.78, 5) is 24.0. The number of nitrogens with zero attached hydrogens (tertiary/aromatic N) is 1. The van der Waals surface area contributed by atoms with Gasteiger partial charge in [0.25, 0.3) is 0 Å². The molecule has 0 spiro atoms. The van der Waals surface area contributed by atoms with Crippen LogP contribution in [-0.4, -0.2) is 49.3 Å². The van der Waals surface area contributed by atoms with E-state index in [9.17, 15) is 9.59 Å². The predicted octanol–water partition coefficient (Wildman–Crippen LogP) is 0.241. The van der Waals surface area contributed by atoms with Crippen molar-refractivity contribution in [3.05, 3.63) is 0 Å². The number of likely N-dealkylation sites (N-methyl/N-ethyl adjacent to an activating group) is 2. The van der Waals surface area contributed by atoms with Crippen LogP contribution in [0.1, 0.15) is 27.7 Å². The number of rotatable bonds is 6. The molecule has 0 rings (SSSR count). The highest BCUT2D eigenvalue weighted by molar-refractivity contribution is 5.87. The molecule has 0 aliphatic rings. The molecule has 0 bridgehead atoms. The number of nitrogens with one attached hydrogen (secondary N) is 2. The molecule has 0 aromatic rings. The lowest BCUT2D eigenvalue weighted by molar-refractivity contribution is -0.413. The molecule has 0 aliphatic carbocycles. The molecule has 0 unspecified atom stereocenters. The summed E-state index contributed by atoms with van der Waals surface area (Å²) in [5.41, 5.74) is 0. The summed E-state index contributed by atoms with van der Waals surface area (Å²) in [6, 6.07) is -0.830. The molecule has 2 N–H and O–H groups in total. The molecular weight excluding hydrogens is 230 g/mol. The molecule has 0 aromatic heterocycles. The molecule has 104 valence electrons. The Labute approximate surface area is 110 Å². The van der Waals surface area contributed by atoms with Gasteiger partial charge in [-0.2, -0.15) is 4.58 Å². The monoisotopic (exact) mass is 256 g/mol. The molecule has 5 nitrogen and oxygen atoms in total. The van der Waals surface area contributed by atoms with Gasteiger partial charge in [-0.05, 0) is 18.9 Å². The molecule has 0 saturated carbocycles. The number of hydrogen-bond donors (Lipinski definition) is 2. The zero-order valence-corrected chi connectivity index (χ0v) is 12.3. The number of amides is 2.